The highest BCUT2D eigenvalue weighted by Gasteiger charge is 2.39. The predicted molar refractivity (Wildman–Crippen MR) is 100 cm³/mol. The number of thiophene rings is 1. The zero-order valence-corrected chi connectivity index (χ0v) is 15.1. The fourth-order valence-corrected chi connectivity index (χ4v) is 4.91. The van der Waals surface area contributed by atoms with E-state index < -0.39 is 0 Å². The summed E-state index contributed by atoms with van der Waals surface area (Å²) >= 11 is 3.32. The Morgan fingerprint density at radius 1 is 1.21 bits per heavy atom. The van der Waals surface area contributed by atoms with Gasteiger partial charge in [0.1, 0.15) is 5.84 Å². The number of aromatic nitrogens is 1. The molecule has 1 aromatic carbocycles. The number of nitrogens with one attached hydrogen (secondary N) is 1. The van der Waals surface area contributed by atoms with Crippen LogP contribution < -0.4 is 0 Å². The van der Waals surface area contributed by atoms with E-state index in [-0.39, 0.29) is 11.3 Å². The van der Waals surface area contributed by atoms with Gasteiger partial charge < -0.3 is 4.90 Å². The van der Waals surface area contributed by atoms with Crippen LogP contribution in [0.4, 0.5) is 0 Å². The van der Waals surface area contributed by atoms with Crippen molar-refractivity contribution in [3.8, 4) is 11.1 Å². The first-order valence-corrected chi connectivity index (χ1v) is 9.49. The molecule has 122 valence electrons. The number of carbonyl (C=O) groups is 1. The van der Waals surface area contributed by atoms with Gasteiger partial charge in [0.2, 0.25) is 5.91 Å². The lowest BCUT2D eigenvalue weighted by Crippen LogP contribution is -2.46. The summed E-state index contributed by atoms with van der Waals surface area (Å²) in [6.07, 6.45) is 1.05. The average molecular weight is 355 g/mol. The maximum Gasteiger partial charge on any atom is 0.228 e. The predicted octanol–water partition coefficient (Wildman–Crippen LogP) is 4.51. The number of thiazole rings is 1. The molecule has 1 aliphatic heterocycles. The van der Waals surface area contributed by atoms with Crippen molar-refractivity contribution in [2.75, 3.05) is 7.05 Å². The Morgan fingerprint density at radius 3 is 2.83 bits per heavy atom. The molecular formula is C18H17N3OS2. The van der Waals surface area contributed by atoms with Crippen LogP contribution in [-0.2, 0) is 10.2 Å². The van der Waals surface area contributed by atoms with Crippen molar-refractivity contribution in [2.45, 2.75) is 25.2 Å². The minimum absolute atomic E-state index is 0.0209. The number of carbonyl (C=O) groups excluding carboxylic acids is 1. The number of amides is 1. The second-order valence-electron chi connectivity index (χ2n) is 6.55. The smallest absolute Gasteiger partial charge is 0.228 e. The first-order chi connectivity index (χ1) is 11.5. The number of likely N-dealkylation sites (tertiary alicyclic amines) is 1. The lowest BCUT2D eigenvalue weighted by molar-refractivity contribution is -0.128. The normalized spacial score (nSPS) is 21.7. The van der Waals surface area contributed by atoms with Crippen LogP contribution in [0.1, 0.15) is 24.6 Å². The number of benzene rings is 1. The van der Waals surface area contributed by atoms with E-state index in [1.807, 2.05) is 5.51 Å². The third-order valence-electron chi connectivity index (χ3n) is 4.74. The van der Waals surface area contributed by atoms with Crippen LogP contribution in [0.15, 0.2) is 35.2 Å². The fourth-order valence-electron chi connectivity index (χ4n) is 3.17. The molecule has 3 aromatic rings. The van der Waals surface area contributed by atoms with Crippen molar-refractivity contribution in [3.05, 3.63) is 40.0 Å². The Balaban J connectivity index is 1.69. The van der Waals surface area contributed by atoms with E-state index in [0.29, 0.717) is 18.7 Å². The Hall–Kier alpha value is -2.05. The van der Waals surface area contributed by atoms with E-state index in [9.17, 15) is 4.79 Å². The highest BCUT2D eigenvalue weighted by atomic mass is 32.1. The van der Waals surface area contributed by atoms with Crippen molar-refractivity contribution in [1.82, 2.24) is 9.88 Å². The molecule has 0 aliphatic carbocycles. The van der Waals surface area contributed by atoms with Gasteiger partial charge in [-0.2, -0.15) is 0 Å². The third-order valence-corrected chi connectivity index (χ3v) is 6.78. The van der Waals surface area contributed by atoms with Gasteiger partial charge in [-0.15, -0.1) is 22.7 Å². The van der Waals surface area contributed by atoms with E-state index in [4.69, 9.17) is 5.41 Å². The lowest BCUT2D eigenvalue weighted by Gasteiger charge is -2.36. The molecule has 1 saturated heterocycles. The van der Waals surface area contributed by atoms with Gasteiger partial charge in [-0.05, 0) is 34.7 Å². The van der Waals surface area contributed by atoms with E-state index >= 15 is 0 Å². The summed E-state index contributed by atoms with van der Waals surface area (Å²) in [5.74, 6) is 0.417. The van der Waals surface area contributed by atoms with Crippen molar-refractivity contribution in [3.63, 3.8) is 0 Å². The van der Waals surface area contributed by atoms with Crippen LogP contribution in [0.5, 0.6) is 0 Å². The molecule has 0 saturated carbocycles. The number of fused-ring (bicyclic) bond motifs is 1. The van der Waals surface area contributed by atoms with E-state index in [0.717, 1.165) is 16.6 Å². The number of hydrogen-bond donors (Lipinski definition) is 1. The molecule has 1 N–H and O–H groups in total. The summed E-state index contributed by atoms with van der Waals surface area (Å²) in [7, 11) is 1.69. The van der Waals surface area contributed by atoms with Gasteiger partial charge in [0, 0.05) is 30.2 Å². The van der Waals surface area contributed by atoms with Gasteiger partial charge in [-0.1, -0.05) is 13.0 Å². The molecule has 0 radical (unpaired) electrons. The van der Waals surface area contributed by atoms with Crippen molar-refractivity contribution in [1.29, 1.82) is 5.41 Å². The molecule has 0 spiro atoms. The Kier molecular flexibility index (Phi) is 3.54. The van der Waals surface area contributed by atoms with Crippen molar-refractivity contribution >= 4 is 44.6 Å². The minimum Gasteiger partial charge on any atom is -0.304 e. The van der Waals surface area contributed by atoms with Gasteiger partial charge >= 0.3 is 0 Å². The van der Waals surface area contributed by atoms with Crippen LogP contribution in [0.25, 0.3) is 21.3 Å². The Bertz CT molecular complexity index is 938. The van der Waals surface area contributed by atoms with Gasteiger partial charge in [-0.25, -0.2) is 4.98 Å². The van der Waals surface area contributed by atoms with Gasteiger partial charge in [0.05, 0.1) is 15.7 Å². The summed E-state index contributed by atoms with van der Waals surface area (Å²) in [4.78, 5) is 19.2. The Labute approximate surface area is 148 Å². The largest absolute Gasteiger partial charge is 0.304 e. The van der Waals surface area contributed by atoms with E-state index in [1.165, 1.54) is 14.5 Å². The molecule has 1 amide bonds. The van der Waals surface area contributed by atoms with Crippen LogP contribution >= 0.6 is 22.7 Å². The molecule has 1 atom stereocenters. The number of hydrogen-bond acceptors (Lipinski definition) is 5. The fraction of sp³-hybridized carbons (Fsp3) is 0.278. The van der Waals surface area contributed by atoms with Gasteiger partial charge in [0.15, 0.2) is 0 Å². The average Bonchev–Trinajstić information content (AvgIpc) is 3.21. The van der Waals surface area contributed by atoms with Crippen LogP contribution in [0.2, 0.25) is 0 Å². The molecule has 0 bridgehead atoms. The molecule has 24 heavy (non-hydrogen) atoms. The van der Waals surface area contributed by atoms with Crippen LogP contribution in [-0.4, -0.2) is 28.7 Å². The van der Waals surface area contributed by atoms with Gasteiger partial charge in [-0.3, -0.25) is 10.2 Å². The lowest BCUT2D eigenvalue weighted by atomic mass is 9.78. The summed E-state index contributed by atoms with van der Waals surface area (Å²) in [5, 5.41) is 10.2. The highest BCUT2D eigenvalue weighted by molar-refractivity contribution is 7.16. The maximum absolute atomic E-state index is 12.2. The maximum atomic E-state index is 12.2. The van der Waals surface area contributed by atoms with Crippen molar-refractivity contribution in [2.24, 2.45) is 0 Å². The molecule has 1 fully saturated rings. The zero-order chi connectivity index (χ0) is 16.9. The summed E-state index contributed by atoms with van der Waals surface area (Å²) < 4.78 is 1.19. The van der Waals surface area contributed by atoms with Crippen LogP contribution in [0, 0.1) is 5.41 Å². The number of nitrogens with zero attached hydrogens (tertiary/aromatic N) is 2. The summed E-state index contributed by atoms with van der Waals surface area (Å²) in [6, 6.07) is 8.51. The molecular weight excluding hydrogens is 338 g/mol. The van der Waals surface area contributed by atoms with E-state index in [1.54, 1.807) is 29.7 Å². The van der Waals surface area contributed by atoms with Crippen molar-refractivity contribution < 1.29 is 4.79 Å². The topological polar surface area (TPSA) is 57.1 Å². The Morgan fingerprint density at radius 2 is 2.04 bits per heavy atom. The summed E-state index contributed by atoms with van der Waals surface area (Å²) in [5.41, 5.74) is 4.91. The summed E-state index contributed by atoms with van der Waals surface area (Å²) in [6.45, 7) is 2.09. The molecule has 3 heterocycles. The third kappa shape index (κ3) is 2.46. The first kappa shape index (κ1) is 15.5. The number of piperidine rings is 1. The molecule has 1 aliphatic rings. The second-order valence-corrected chi connectivity index (χ2v) is 8.35. The SMILES string of the molecule is CN1C(=N)C[C@](C)(c2cc(-c3ccc4scnc4c3)cs2)CC1=O. The standard InChI is InChI=1S/C18H17N3OS2/c1-18(7-16(19)21(2)17(22)8-18)15-6-12(9-23-15)11-3-4-14-13(5-11)20-10-24-14/h3-6,9-10,19H,7-8H2,1-2H3/t18-/m0/s1. The number of rotatable bonds is 2. The first-order valence-electron chi connectivity index (χ1n) is 7.73. The number of amidine groups is 1. The highest BCUT2D eigenvalue weighted by Crippen LogP contribution is 2.41. The van der Waals surface area contributed by atoms with Gasteiger partial charge in [0.25, 0.3) is 0 Å². The zero-order valence-electron chi connectivity index (χ0n) is 13.5. The minimum atomic E-state index is -0.283. The molecule has 2 aromatic heterocycles. The molecule has 6 heteroatoms. The van der Waals surface area contributed by atoms with E-state index in [2.05, 4.69) is 41.6 Å². The molecule has 4 nitrogen and oxygen atoms in total. The quantitative estimate of drug-likeness (QED) is 0.735. The second kappa shape index (κ2) is 5.50. The molecule has 0 unspecified atom stereocenters. The monoisotopic (exact) mass is 355 g/mol. The molecule has 4 rings (SSSR count). The van der Waals surface area contributed by atoms with Crippen LogP contribution in [0.3, 0.4) is 0 Å².